The van der Waals surface area contributed by atoms with Crippen LogP contribution in [0.3, 0.4) is 0 Å². The normalized spacial score (nSPS) is 10.1. The van der Waals surface area contributed by atoms with Crippen LogP contribution in [0.15, 0.2) is 36.5 Å². The maximum Gasteiger partial charge on any atom is 0.256 e. The molecule has 18 heavy (non-hydrogen) atoms. The van der Waals surface area contributed by atoms with Gasteiger partial charge in [0.05, 0.1) is 6.20 Å². The average Bonchev–Trinajstić information content (AvgIpc) is 2.72. The van der Waals surface area contributed by atoms with E-state index in [0.717, 1.165) is 0 Å². The molecule has 0 atom stereocenters. The molecular weight excluding hydrogens is 232 g/mol. The van der Waals surface area contributed by atoms with Gasteiger partial charge in [-0.25, -0.2) is 0 Å². The molecule has 0 aliphatic carbocycles. The van der Waals surface area contributed by atoms with Crippen molar-refractivity contribution in [3.63, 3.8) is 0 Å². The van der Waals surface area contributed by atoms with E-state index in [2.05, 4.69) is 10.4 Å². The number of anilines is 1. The lowest BCUT2D eigenvalue weighted by Gasteiger charge is -2.06. The van der Waals surface area contributed by atoms with Gasteiger partial charge >= 0.3 is 0 Å². The highest BCUT2D eigenvalue weighted by Crippen LogP contribution is 2.14. The Labute approximate surface area is 103 Å². The molecule has 0 unspecified atom stereocenters. The smallest absolute Gasteiger partial charge is 0.256 e. The summed E-state index contributed by atoms with van der Waals surface area (Å²) in [5.41, 5.74) is 5.88. The van der Waals surface area contributed by atoms with Crippen LogP contribution >= 0.6 is 0 Å². The molecule has 0 saturated heterocycles. The van der Waals surface area contributed by atoms with Gasteiger partial charge in [-0.05, 0) is 12.1 Å². The minimum absolute atomic E-state index is 0.182. The third-order valence-corrected chi connectivity index (χ3v) is 2.47. The first-order chi connectivity index (χ1) is 8.59. The van der Waals surface area contributed by atoms with Crippen LogP contribution in [0.5, 0.6) is 0 Å². The quantitative estimate of drug-likeness (QED) is 0.835. The molecule has 0 bridgehead atoms. The van der Waals surface area contributed by atoms with Crippen molar-refractivity contribution in [2.24, 2.45) is 12.8 Å². The first kappa shape index (κ1) is 11.8. The zero-order chi connectivity index (χ0) is 13.1. The molecule has 3 N–H and O–H groups in total. The van der Waals surface area contributed by atoms with Gasteiger partial charge in [0.15, 0.2) is 0 Å². The summed E-state index contributed by atoms with van der Waals surface area (Å²) in [6.07, 6.45) is 1.32. The lowest BCUT2D eigenvalue weighted by Crippen LogP contribution is -2.19. The first-order valence-corrected chi connectivity index (χ1v) is 5.28. The molecule has 0 fully saturated rings. The van der Waals surface area contributed by atoms with Crippen molar-refractivity contribution in [1.82, 2.24) is 9.78 Å². The number of hydrogen-bond donors (Lipinski definition) is 2. The molecule has 6 heteroatoms. The maximum atomic E-state index is 11.9. The van der Waals surface area contributed by atoms with Gasteiger partial charge < -0.3 is 11.1 Å². The lowest BCUT2D eigenvalue weighted by atomic mass is 10.2. The number of carbonyl (C=O) groups is 2. The Morgan fingerprint density at radius 3 is 2.56 bits per heavy atom. The summed E-state index contributed by atoms with van der Waals surface area (Å²) >= 11 is 0. The van der Waals surface area contributed by atoms with Crippen molar-refractivity contribution < 1.29 is 9.59 Å². The van der Waals surface area contributed by atoms with Crippen LogP contribution in [0.1, 0.15) is 20.7 Å². The number of nitrogens with zero attached hydrogens (tertiary/aromatic N) is 2. The van der Waals surface area contributed by atoms with Gasteiger partial charge in [-0.15, -0.1) is 0 Å². The van der Waals surface area contributed by atoms with Gasteiger partial charge in [0, 0.05) is 12.6 Å². The Morgan fingerprint density at radius 2 is 1.94 bits per heavy atom. The van der Waals surface area contributed by atoms with Crippen LogP contribution in [-0.2, 0) is 7.05 Å². The molecule has 1 heterocycles. The fourth-order valence-corrected chi connectivity index (χ4v) is 1.54. The van der Waals surface area contributed by atoms with Crippen molar-refractivity contribution in [1.29, 1.82) is 0 Å². The maximum absolute atomic E-state index is 11.9. The van der Waals surface area contributed by atoms with E-state index in [4.69, 9.17) is 5.73 Å². The average molecular weight is 244 g/mol. The summed E-state index contributed by atoms with van der Waals surface area (Å²) in [4.78, 5) is 23.1. The Morgan fingerprint density at radius 1 is 1.28 bits per heavy atom. The summed E-state index contributed by atoms with van der Waals surface area (Å²) in [7, 11) is 1.62. The number of hydrogen-bond acceptors (Lipinski definition) is 3. The highest BCUT2D eigenvalue weighted by atomic mass is 16.2. The van der Waals surface area contributed by atoms with Crippen LogP contribution in [0, 0.1) is 0 Å². The third kappa shape index (κ3) is 2.22. The Hall–Kier alpha value is -2.63. The van der Waals surface area contributed by atoms with Crippen molar-refractivity contribution in [3.8, 4) is 0 Å². The number of primary amides is 1. The zero-order valence-electron chi connectivity index (χ0n) is 9.75. The van der Waals surface area contributed by atoms with Crippen molar-refractivity contribution >= 4 is 17.6 Å². The summed E-state index contributed by atoms with van der Waals surface area (Å²) in [6, 6.07) is 8.68. The van der Waals surface area contributed by atoms with E-state index in [0.29, 0.717) is 5.56 Å². The molecule has 1 aromatic heterocycles. The molecule has 2 rings (SSSR count). The minimum Gasteiger partial charge on any atom is -0.365 e. The first-order valence-electron chi connectivity index (χ1n) is 5.28. The number of nitrogens with one attached hydrogen (secondary N) is 1. The Kier molecular flexibility index (Phi) is 3.09. The Bertz CT molecular complexity index is 589. The number of nitrogens with two attached hydrogens (primary N) is 1. The largest absolute Gasteiger partial charge is 0.365 e. The predicted molar refractivity (Wildman–Crippen MR) is 66.1 cm³/mol. The van der Waals surface area contributed by atoms with E-state index >= 15 is 0 Å². The standard InChI is InChI=1S/C12H12N4O2/c1-16-11(9(7-14-16)10(13)17)15-12(18)8-5-3-2-4-6-8/h2-7H,1H3,(H2,13,17)(H,15,18). The topological polar surface area (TPSA) is 90.0 Å². The molecule has 0 aliphatic heterocycles. The minimum atomic E-state index is -0.633. The second-order valence-electron chi connectivity index (χ2n) is 3.71. The molecule has 1 aromatic carbocycles. The van der Waals surface area contributed by atoms with Gasteiger partial charge in [-0.1, -0.05) is 18.2 Å². The highest BCUT2D eigenvalue weighted by Gasteiger charge is 2.16. The van der Waals surface area contributed by atoms with Crippen LogP contribution in [0.2, 0.25) is 0 Å². The fourth-order valence-electron chi connectivity index (χ4n) is 1.54. The van der Waals surface area contributed by atoms with Crippen molar-refractivity contribution in [2.75, 3.05) is 5.32 Å². The number of rotatable bonds is 3. The van der Waals surface area contributed by atoms with Crippen LogP contribution in [-0.4, -0.2) is 21.6 Å². The SMILES string of the molecule is Cn1ncc(C(N)=O)c1NC(=O)c1ccccc1. The van der Waals surface area contributed by atoms with E-state index in [-0.39, 0.29) is 17.3 Å². The van der Waals surface area contributed by atoms with Gasteiger partial charge in [0.25, 0.3) is 11.8 Å². The molecule has 2 amide bonds. The molecule has 2 aromatic rings. The van der Waals surface area contributed by atoms with Crippen LogP contribution in [0.4, 0.5) is 5.82 Å². The molecule has 0 saturated carbocycles. The molecular formula is C12H12N4O2. The van der Waals surface area contributed by atoms with Gasteiger partial charge in [0.1, 0.15) is 11.4 Å². The lowest BCUT2D eigenvalue weighted by molar-refractivity contribution is 0.100. The second-order valence-corrected chi connectivity index (χ2v) is 3.71. The molecule has 6 nitrogen and oxygen atoms in total. The number of amides is 2. The molecule has 0 spiro atoms. The monoisotopic (exact) mass is 244 g/mol. The van der Waals surface area contributed by atoms with E-state index in [1.165, 1.54) is 10.9 Å². The van der Waals surface area contributed by atoms with Gasteiger partial charge in [-0.3, -0.25) is 14.3 Å². The number of carbonyl (C=O) groups excluding carboxylic acids is 2. The van der Waals surface area contributed by atoms with Crippen molar-refractivity contribution in [3.05, 3.63) is 47.7 Å². The van der Waals surface area contributed by atoms with E-state index in [1.807, 2.05) is 6.07 Å². The van der Waals surface area contributed by atoms with Gasteiger partial charge in [0.2, 0.25) is 0 Å². The Balaban J connectivity index is 2.27. The summed E-state index contributed by atoms with van der Waals surface area (Å²) in [6.45, 7) is 0. The van der Waals surface area contributed by atoms with Crippen LogP contribution in [0.25, 0.3) is 0 Å². The van der Waals surface area contributed by atoms with Gasteiger partial charge in [-0.2, -0.15) is 5.10 Å². The third-order valence-electron chi connectivity index (χ3n) is 2.47. The summed E-state index contributed by atoms with van der Waals surface area (Å²) in [5.74, 6) is -0.662. The van der Waals surface area contributed by atoms with E-state index in [1.54, 1.807) is 31.3 Å². The van der Waals surface area contributed by atoms with Crippen LogP contribution < -0.4 is 11.1 Å². The second kappa shape index (κ2) is 4.70. The summed E-state index contributed by atoms with van der Waals surface area (Å²) < 4.78 is 1.39. The molecule has 0 radical (unpaired) electrons. The summed E-state index contributed by atoms with van der Waals surface area (Å²) in [5, 5.41) is 6.50. The predicted octanol–water partition coefficient (Wildman–Crippen LogP) is 0.771. The highest BCUT2D eigenvalue weighted by molar-refractivity contribution is 6.07. The molecule has 92 valence electrons. The molecule has 0 aliphatic rings. The number of aromatic nitrogens is 2. The van der Waals surface area contributed by atoms with Crippen molar-refractivity contribution in [2.45, 2.75) is 0 Å². The number of aryl methyl sites for hydroxylation is 1. The number of benzene rings is 1. The fraction of sp³-hybridized carbons (Fsp3) is 0.0833. The zero-order valence-corrected chi connectivity index (χ0v) is 9.75. The van der Waals surface area contributed by atoms with E-state index < -0.39 is 5.91 Å². The van der Waals surface area contributed by atoms with E-state index in [9.17, 15) is 9.59 Å².